The van der Waals surface area contributed by atoms with Gasteiger partial charge in [-0.15, -0.1) is 0 Å². The van der Waals surface area contributed by atoms with Crippen LogP contribution in [0.15, 0.2) is 68.0 Å². The summed E-state index contributed by atoms with van der Waals surface area (Å²) < 4.78 is 2.02. The summed E-state index contributed by atoms with van der Waals surface area (Å²) in [7, 11) is 1.87. The molecule has 4 aromatic rings. The largest absolute Gasteiger partial charge is 0.393 e. The SMILES string of the molecule is C=C/C(=C\NC)c1cnc2[nH]cc(-c3ccc4nccn4c3)c2c1. The van der Waals surface area contributed by atoms with Gasteiger partial charge in [0.2, 0.25) is 0 Å². The van der Waals surface area contributed by atoms with Gasteiger partial charge in [-0.05, 0) is 23.8 Å². The first-order valence-corrected chi connectivity index (χ1v) is 7.70. The van der Waals surface area contributed by atoms with Crippen molar-refractivity contribution in [2.45, 2.75) is 0 Å². The van der Waals surface area contributed by atoms with E-state index in [0.717, 1.165) is 38.9 Å². The van der Waals surface area contributed by atoms with Crippen LogP contribution in [0.25, 0.3) is 33.4 Å². The molecule has 0 saturated carbocycles. The Labute approximate surface area is 139 Å². The second-order valence-corrected chi connectivity index (χ2v) is 5.53. The number of imidazole rings is 1. The van der Waals surface area contributed by atoms with Gasteiger partial charge in [0.15, 0.2) is 0 Å². The van der Waals surface area contributed by atoms with Gasteiger partial charge in [-0.25, -0.2) is 9.97 Å². The summed E-state index contributed by atoms with van der Waals surface area (Å²) in [5, 5.41) is 4.12. The summed E-state index contributed by atoms with van der Waals surface area (Å²) in [5.41, 5.74) is 6.06. The Kier molecular flexibility index (Phi) is 3.39. The monoisotopic (exact) mass is 315 g/mol. The molecule has 5 nitrogen and oxygen atoms in total. The molecule has 4 aromatic heterocycles. The molecule has 0 amide bonds. The number of aromatic amines is 1. The number of aromatic nitrogens is 4. The van der Waals surface area contributed by atoms with Crippen LogP contribution in [0, 0.1) is 0 Å². The lowest BCUT2D eigenvalue weighted by Crippen LogP contribution is -1.95. The van der Waals surface area contributed by atoms with Crippen LogP contribution < -0.4 is 5.32 Å². The van der Waals surface area contributed by atoms with Crippen molar-refractivity contribution in [3.05, 3.63) is 73.6 Å². The molecule has 0 atom stereocenters. The molecule has 0 bridgehead atoms. The van der Waals surface area contributed by atoms with Crippen molar-refractivity contribution in [2.75, 3.05) is 7.05 Å². The van der Waals surface area contributed by atoms with Crippen LogP contribution in [0.4, 0.5) is 0 Å². The minimum absolute atomic E-state index is 0.868. The lowest BCUT2D eigenvalue weighted by Gasteiger charge is -2.05. The Bertz CT molecular complexity index is 1070. The zero-order valence-corrected chi connectivity index (χ0v) is 13.3. The molecule has 0 aromatic carbocycles. The van der Waals surface area contributed by atoms with Gasteiger partial charge in [-0.2, -0.15) is 0 Å². The Morgan fingerprint density at radius 2 is 2.25 bits per heavy atom. The van der Waals surface area contributed by atoms with E-state index in [9.17, 15) is 0 Å². The molecule has 4 rings (SSSR count). The summed E-state index contributed by atoms with van der Waals surface area (Å²) in [5.74, 6) is 0. The summed E-state index contributed by atoms with van der Waals surface area (Å²) >= 11 is 0. The molecule has 0 aliphatic carbocycles. The van der Waals surface area contributed by atoms with Crippen molar-refractivity contribution in [2.24, 2.45) is 0 Å². The highest BCUT2D eigenvalue weighted by atomic mass is 15.0. The lowest BCUT2D eigenvalue weighted by molar-refractivity contribution is 1.11. The van der Waals surface area contributed by atoms with Crippen LogP contribution in [0.3, 0.4) is 0 Å². The number of hydrogen-bond acceptors (Lipinski definition) is 3. The van der Waals surface area contributed by atoms with Crippen molar-refractivity contribution in [3.8, 4) is 11.1 Å². The van der Waals surface area contributed by atoms with Crippen LogP contribution in [-0.2, 0) is 0 Å². The fourth-order valence-corrected chi connectivity index (χ4v) is 2.90. The lowest BCUT2D eigenvalue weighted by atomic mass is 10.0. The van der Waals surface area contributed by atoms with Crippen molar-refractivity contribution in [1.29, 1.82) is 0 Å². The van der Waals surface area contributed by atoms with Gasteiger partial charge in [0.1, 0.15) is 11.3 Å². The molecule has 0 unspecified atom stereocenters. The van der Waals surface area contributed by atoms with E-state index < -0.39 is 0 Å². The van der Waals surface area contributed by atoms with Crippen LogP contribution in [0.5, 0.6) is 0 Å². The quantitative estimate of drug-likeness (QED) is 0.565. The standard InChI is InChI=1S/C19H17N5/c1-3-13(9-20-2)15-8-16-17(11-23-19(16)22-10-15)14-4-5-18-21-6-7-24(18)12-14/h3-12,20H,1H2,2H3,(H,22,23)/b13-9+. The maximum Gasteiger partial charge on any atom is 0.137 e. The topological polar surface area (TPSA) is 58.0 Å². The van der Waals surface area contributed by atoms with Gasteiger partial charge in [-0.3, -0.25) is 0 Å². The number of nitrogens with one attached hydrogen (secondary N) is 2. The normalized spacial score (nSPS) is 12.0. The first-order valence-electron chi connectivity index (χ1n) is 7.70. The number of pyridine rings is 2. The third-order valence-electron chi connectivity index (χ3n) is 4.08. The summed E-state index contributed by atoms with van der Waals surface area (Å²) in [6, 6.07) is 6.23. The van der Waals surface area contributed by atoms with E-state index in [2.05, 4.69) is 45.2 Å². The Morgan fingerprint density at radius 1 is 1.33 bits per heavy atom. The molecule has 118 valence electrons. The van der Waals surface area contributed by atoms with E-state index in [-0.39, 0.29) is 0 Å². The molecule has 0 saturated heterocycles. The number of allylic oxidation sites excluding steroid dienone is 2. The first kappa shape index (κ1) is 14.3. The van der Waals surface area contributed by atoms with Gasteiger partial charge >= 0.3 is 0 Å². The van der Waals surface area contributed by atoms with E-state index in [1.165, 1.54) is 0 Å². The highest BCUT2D eigenvalue weighted by Crippen LogP contribution is 2.30. The van der Waals surface area contributed by atoms with Crippen LogP contribution in [0.1, 0.15) is 5.56 Å². The van der Waals surface area contributed by atoms with Gasteiger partial charge in [0.05, 0.1) is 0 Å². The highest BCUT2D eigenvalue weighted by Gasteiger charge is 2.10. The third kappa shape index (κ3) is 2.27. The first-order chi connectivity index (χ1) is 11.8. The van der Waals surface area contributed by atoms with Crippen molar-refractivity contribution < 1.29 is 0 Å². The molecule has 5 heteroatoms. The summed E-state index contributed by atoms with van der Waals surface area (Å²) in [6.07, 6.45) is 13.4. The Balaban J connectivity index is 1.89. The van der Waals surface area contributed by atoms with E-state index in [4.69, 9.17) is 0 Å². The number of fused-ring (bicyclic) bond motifs is 2. The zero-order valence-electron chi connectivity index (χ0n) is 13.3. The van der Waals surface area contributed by atoms with Gasteiger partial charge in [0, 0.05) is 66.3 Å². The minimum atomic E-state index is 0.868. The van der Waals surface area contributed by atoms with E-state index in [1.807, 2.05) is 48.4 Å². The predicted molar refractivity (Wildman–Crippen MR) is 97.5 cm³/mol. The Hall–Kier alpha value is -3.34. The van der Waals surface area contributed by atoms with Gasteiger partial charge in [-0.1, -0.05) is 12.7 Å². The fourth-order valence-electron chi connectivity index (χ4n) is 2.90. The van der Waals surface area contributed by atoms with Crippen molar-refractivity contribution in [1.82, 2.24) is 24.7 Å². The number of H-pyrrole nitrogens is 1. The number of hydrogen-bond donors (Lipinski definition) is 2. The zero-order chi connectivity index (χ0) is 16.5. The molecule has 4 heterocycles. The molecule has 0 spiro atoms. The molecule has 0 aliphatic heterocycles. The molecule has 0 aliphatic rings. The van der Waals surface area contributed by atoms with Crippen LogP contribution in [-0.4, -0.2) is 26.4 Å². The van der Waals surface area contributed by atoms with Crippen molar-refractivity contribution in [3.63, 3.8) is 0 Å². The molecule has 2 N–H and O–H groups in total. The van der Waals surface area contributed by atoms with Crippen LogP contribution in [0.2, 0.25) is 0 Å². The molecule has 0 radical (unpaired) electrons. The maximum atomic E-state index is 4.54. The van der Waals surface area contributed by atoms with Gasteiger partial charge < -0.3 is 14.7 Å². The van der Waals surface area contributed by atoms with E-state index >= 15 is 0 Å². The summed E-state index contributed by atoms with van der Waals surface area (Å²) in [6.45, 7) is 3.88. The number of nitrogens with zero attached hydrogens (tertiary/aromatic N) is 3. The fraction of sp³-hybridized carbons (Fsp3) is 0.0526. The van der Waals surface area contributed by atoms with Gasteiger partial charge in [0.25, 0.3) is 0 Å². The van der Waals surface area contributed by atoms with E-state index in [1.54, 1.807) is 6.20 Å². The third-order valence-corrected chi connectivity index (χ3v) is 4.08. The smallest absolute Gasteiger partial charge is 0.137 e. The Morgan fingerprint density at radius 3 is 3.08 bits per heavy atom. The average Bonchev–Trinajstić information content (AvgIpc) is 3.24. The molecule has 24 heavy (non-hydrogen) atoms. The van der Waals surface area contributed by atoms with Crippen LogP contribution >= 0.6 is 0 Å². The molecular weight excluding hydrogens is 298 g/mol. The van der Waals surface area contributed by atoms with Crippen molar-refractivity contribution >= 4 is 22.3 Å². The molecule has 0 fully saturated rings. The second-order valence-electron chi connectivity index (χ2n) is 5.53. The van der Waals surface area contributed by atoms with E-state index in [0.29, 0.717) is 0 Å². The minimum Gasteiger partial charge on any atom is -0.393 e. The summed E-state index contributed by atoms with van der Waals surface area (Å²) in [4.78, 5) is 12.1. The predicted octanol–water partition coefficient (Wildman–Crippen LogP) is 3.62. The second kappa shape index (κ2) is 5.70. The maximum absolute atomic E-state index is 4.54. The average molecular weight is 315 g/mol. The molecular formula is C19H17N5. The highest BCUT2D eigenvalue weighted by molar-refractivity contribution is 5.95. The number of rotatable bonds is 4.